The number of halogens is 1. The number of carbonyl (C=O) groups excluding carboxylic acids is 1. The molecule has 0 spiro atoms. The number of rotatable bonds is 9. The van der Waals surface area contributed by atoms with Crippen LogP contribution in [0.3, 0.4) is 0 Å². The molecule has 2 saturated heterocycles. The molecule has 0 saturated carbocycles. The van der Waals surface area contributed by atoms with Gasteiger partial charge in [-0.1, -0.05) is 62.0 Å². The van der Waals surface area contributed by atoms with Crippen LogP contribution in [-0.4, -0.2) is 111 Å². The Hall–Kier alpha value is -0.0538. The summed E-state index contributed by atoms with van der Waals surface area (Å²) in [6.45, 7) is 19.9. The molecule has 2 atom stereocenters. The van der Waals surface area contributed by atoms with E-state index in [1.807, 2.05) is 13.8 Å². The van der Waals surface area contributed by atoms with E-state index in [1.54, 1.807) is 6.08 Å². The second kappa shape index (κ2) is 104. The fourth-order valence-electron chi connectivity index (χ4n) is 2.21. The van der Waals surface area contributed by atoms with Gasteiger partial charge in [-0.2, -0.15) is 0 Å². The van der Waals surface area contributed by atoms with Gasteiger partial charge in [-0.05, 0) is 72.5 Å². The quantitative estimate of drug-likeness (QED) is 0.0906. The van der Waals surface area contributed by atoms with Crippen LogP contribution in [0.4, 0.5) is 0 Å². The topological polar surface area (TPSA) is 174 Å². The van der Waals surface area contributed by atoms with Crippen molar-refractivity contribution in [3.05, 3.63) is 32.2 Å². The first kappa shape index (κ1) is 79.4. The van der Waals surface area contributed by atoms with Crippen LogP contribution in [-0.2, 0) is 14.3 Å². The second-order valence-corrected chi connectivity index (χ2v) is 7.47. The molecule has 0 aromatic rings. The maximum absolute atomic E-state index is 9.40. The zero-order valence-electron chi connectivity index (χ0n) is 27.7. The largest absolute Gasteiger partial charge is 2.00 e. The van der Waals surface area contributed by atoms with Crippen molar-refractivity contribution in [2.24, 2.45) is 17.2 Å². The van der Waals surface area contributed by atoms with Crippen LogP contribution in [0, 0.1) is 6.92 Å². The zero-order valence-corrected chi connectivity index (χ0v) is 30.7. The summed E-state index contributed by atoms with van der Waals surface area (Å²) in [4.78, 5) is 9.40. The Morgan fingerprint density at radius 2 is 1.05 bits per heavy atom. The van der Waals surface area contributed by atoms with E-state index in [9.17, 15) is 4.79 Å². The molecule has 2 fully saturated rings. The van der Waals surface area contributed by atoms with Crippen molar-refractivity contribution in [3.63, 3.8) is 0 Å². The monoisotopic (exact) mass is 720 g/mol. The summed E-state index contributed by atoms with van der Waals surface area (Å²) >= 11 is 0. The summed E-state index contributed by atoms with van der Waals surface area (Å²) in [6, 6.07) is 0. The van der Waals surface area contributed by atoms with Crippen molar-refractivity contribution in [3.8, 4) is 0 Å². The van der Waals surface area contributed by atoms with E-state index in [0.29, 0.717) is 12.8 Å². The van der Waals surface area contributed by atoms with Gasteiger partial charge in [-0.25, -0.2) is 19.6 Å². The van der Waals surface area contributed by atoms with E-state index in [1.165, 1.54) is 52.9 Å². The molecule has 9 N–H and O–H groups in total. The Kier molecular flexibility index (Phi) is 188. The Labute approximate surface area is 304 Å². The summed E-state index contributed by atoms with van der Waals surface area (Å²) in [7, 11) is 4.50. The van der Waals surface area contributed by atoms with Crippen LogP contribution in [0.5, 0.6) is 0 Å². The molecular formula is C33H82BrMgN3O6. The molecule has 0 bridgehead atoms. The van der Waals surface area contributed by atoms with Crippen LogP contribution in [0.1, 0.15) is 114 Å². The van der Waals surface area contributed by atoms with Gasteiger partial charge in [-0.15, -0.1) is 6.58 Å². The molecule has 0 aliphatic carbocycles. The molecule has 2 unspecified atom stereocenters. The van der Waals surface area contributed by atoms with Crippen molar-refractivity contribution >= 4 is 29.3 Å². The van der Waals surface area contributed by atoms with Crippen molar-refractivity contribution in [2.45, 2.75) is 126 Å². The molecule has 0 aromatic carbocycles. The normalized spacial score (nSPS) is 11.6. The number of hydrogen-bond donors (Lipinski definition) is 6. The van der Waals surface area contributed by atoms with Crippen LogP contribution in [0.15, 0.2) is 25.3 Å². The Balaban J connectivity index is -0.0000000267. The maximum Gasteiger partial charge on any atom is 2.00 e. The molecule has 0 amide bonds. The number of nitrogens with two attached hydrogens (primary N) is 3. The molecule has 0 radical (unpaired) electrons. The van der Waals surface area contributed by atoms with Gasteiger partial charge in [0.15, 0.2) is 0 Å². The number of aliphatic hydroxyl groups excluding tert-OH is 3. The van der Waals surface area contributed by atoms with Gasteiger partial charge in [0.05, 0.1) is 18.8 Å². The van der Waals surface area contributed by atoms with Crippen molar-refractivity contribution in [2.75, 3.05) is 54.2 Å². The summed E-state index contributed by atoms with van der Waals surface area (Å²) in [5, 5.41) is 25.8. The van der Waals surface area contributed by atoms with E-state index in [2.05, 4.69) is 44.2 Å². The van der Waals surface area contributed by atoms with E-state index in [0.717, 1.165) is 64.8 Å². The molecule has 274 valence electrons. The van der Waals surface area contributed by atoms with E-state index in [4.69, 9.17) is 24.8 Å². The van der Waals surface area contributed by atoms with Crippen LogP contribution in [0.25, 0.3) is 0 Å². The third-order valence-corrected chi connectivity index (χ3v) is 3.95. The van der Waals surface area contributed by atoms with Crippen molar-refractivity contribution < 1.29 is 46.6 Å². The Morgan fingerprint density at radius 1 is 0.750 bits per heavy atom. The predicted octanol–water partition coefficient (Wildman–Crippen LogP) is 2.70. The number of aldehydes is 1. The second-order valence-electron chi connectivity index (χ2n) is 7.47. The minimum atomic E-state index is -0.495. The molecule has 44 heavy (non-hydrogen) atoms. The first-order valence-electron chi connectivity index (χ1n) is 14.3. The van der Waals surface area contributed by atoms with Gasteiger partial charge in [0.2, 0.25) is 0 Å². The smallest absolute Gasteiger partial charge is 1.00 e. The molecule has 2 heterocycles. The van der Waals surface area contributed by atoms with Crippen molar-refractivity contribution in [1.29, 1.82) is 0 Å². The Morgan fingerprint density at radius 3 is 1.16 bits per heavy atom. The number of aliphatic hydroxyl groups is 3. The third kappa shape index (κ3) is 134. The molecule has 2 aliphatic rings. The van der Waals surface area contributed by atoms with Gasteiger partial charge in [0.25, 0.3) is 0 Å². The average Bonchev–Trinajstić information content (AvgIpc) is 3.74. The molecule has 2 aliphatic heterocycles. The summed E-state index contributed by atoms with van der Waals surface area (Å²) in [6.07, 6.45) is 14.6. The fraction of sp³-hybridized carbons (Fsp3) is 0.818. The summed E-state index contributed by atoms with van der Waals surface area (Å²) in [5.74, 6) is 0. The fourth-order valence-corrected chi connectivity index (χ4v) is 2.21. The van der Waals surface area contributed by atoms with E-state index in [-0.39, 0.29) is 75.0 Å². The third-order valence-electron chi connectivity index (χ3n) is 3.95. The number of carbonyl (C=O) groups is 1. The summed E-state index contributed by atoms with van der Waals surface area (Å²) in [5.41, 5.74) is 13.5. The minimum absolute atomic E-state index is 0. The number of ether oxygens (including phenoxy) is 2. The van der Waals surface area contributed by atoms with E-state index >= 15 is 0 Å². The summed E-state index contributed by atoms with van der Waals surface area (Å²) < 4.78 is 9.89. The molecule has 9 nitrogen and oxygen atoms in total. The maximum atomic E-state index is 9.40. The number of allylic oxidation sites excluding steroid dienone is 1. The molecular weight excluding hydrogens is 639 g/mol. The van der Waals surface area contributed by atoms with Crippen LogP contribution in [0.2, 0.25) is 0 Å². The van der Waals surface area contributed by atoms with Crippen LogP contribution < -0.4 is 34.2 Å². The first-order valence-corrected chi connectivity index (χ1v) is 14.3. The van der Waals surface area contributed by atoms with Gasteiger partial charge in [0, 0.05) is 32.8 Å². The van der Waals surface area contributed by atoms with Crippen LogP contribution >= 0.6 is 0 Å². The number of hydrogen-bond acceptors (Lipinski definition) is 9. The van der Waals surface area contributed by atoms with Gasteiger partial charge >= 0.3 is 23.1 Å². The Bertz CT molecular complexity index is 347. The number of unbranched alkanes of at least 4 members (excludes halogenated alkanes) is 1. The van der Waals surface area contributed by atoms with E-state index < -0.39 is 6.10 Å². The molecule has 0 aromatic heterocycles. The van der Waals surface area contributed by atoms with Crippen molar-refractivity contribution in [1.82, 2.24) is 0 Å². The minimum Gasteiger partial charge on any atom is -1.00 e. The molecule has 2 rings (SSSR count). The van der Waals surface area contributed by atoms with Gasteiger partial charge in [0.1, 0.15) is 6.29 Å². The average molecular weight is 721 g/mol. The predicted molar refractivity (Wildman–Crippen MR) is 197 cm³/mol. The first-order chi connectivity index (χ1) is 18.9. The SMILES string of the molecule is C.C.C.C1CCOC1.C1CCOC1.C=CCC(O)CCC.C=C[CH2-].CCCC(O)CO.CCCC=O.CN.CN.CN.[Br-].[Mg+2]. The van der Waals surface area contributed by atoms with Gasteiger partial charge < -0.3 is 63.8 Å². The standard InChI is InChI=1S/C7H14O.C5H12O2.3C4H8O.C3H5.3CH5N.3CH4.BrH.Mg/c1-3-5-7(8)6-4-2;1-2-3-5(7)4-6;2*1-2-4-5-3-1;1-2-3-4-5;1-3-2;3*1-2;;;;;/h3,7-8H,1,4-6H2,2H3;5-7H,2-4H2,1H3;2*1-4H2;4H,2-3H2,1H3;3H,1-2H2;3*2H2,1H3;3*1H4;1H;/q;;;;;-1;;;;;;;;+2/p-1. The molecule has 11 heteroatoms. The van der Waals surface area contributed by atoms with Gasteiger partial charge in [-0.3, -0.25) is 0 Å². The zero-order chi connectivity index (χ0) is 32.0.